The first-order valence-corrected chi connectivity index (χ1v) is 15.4. The summed E-state index contributed by atoms with van der Waals surface area (Å²) in [6.45, 7) is 18.1. The van der Waals surface area contributed by atoms with Crippen LogP contribution >= 0.6 is 0 Å². The lowest BCUT2D eigenvalue weighted by Crippen LogP contribution is -2.52. The molecule has 0 aromatic rings. The van der Waals surface area contributed by atoms with E-state index in [4.69, 9.17) is 9.47 Å². The molecule has 0 radical (unpaired) electrons. The van der Waals surface area contributed by atoms with Gasteiger partial charge in [0.2, 0.25) is 0 Å². The van der Waals surface area contributed by atoms with E-state index < -0.39 is 35.2 Å². The fourth-order valence-electron chi connectivity index (χ4n) is 5.49. The fourth-order valence-corrected chi connectivity index (χ4v) is 5.49. The van der Waals surface area contributed by atoms with Crippen molar-refractivity contribution in [3.05, 3.63) is 0 Å². The molecule has 2 saturated heterocycles. The molecule has 12 nitrogen and oxygen atoms in total. The minimum Gasteiger partial charge on any atom is -0.481 e. The predicted octanol–water partition coefficient (Wildman–Crippen LogP) is 2.15. The Bertz CT molecular complexity index is 829. The maximum absolute atomic E-state index is 13.2. The minimum absolute atomic E-state index is 0.104. The molecular weight excluding hydrogens is 544 g/mol. The number of esters is 2. The van der Waals surface area contributed by atoms with Crippen molar-refractivity contribution in [3.63, 3.8) is 0 Å². The third-order valence-electron chi connectivity index (χ3n) is 7.48. The Morgan fingerprint density at radius 2 is 0.905 bits per heavy atom. The number of ether oxygens (including phenoxy) is 2. The topological polar surface area (TPSA) is 140 Å². The van der Waals surface area contributed by atoms with Crippen LogP contribution in [-0.4, -0.2) is 142 Å². The highest BCUT2D eigenvalue weighted by atomic mass is 16.6. The summed E-state index contributed by atoms with van der Waals surface area (Å²) >= 11 is 0. The number of carbonyl (C=O) groups is 4. The lowest BCUT2D eigenvalue weighted by Gasteiger charge is -2.39. The van der Waals surface area contributed by atoms with E-state index in [9.17, 15) is 29.4 Å². The van der Waals surface area contributed by atoms with E-state index in [1.165, 1.54) is 0 Å². The summed E-state index contributed by atoms with van der Waals surface area (Å²) in [4.78, 5) is 58.0. The van der Waals surface area contributed by atoms with Crippen molar-refractivity contribution >= 4 is 23.9 Å². The molecule has 0 aromatic heterocycles. The molecule has 12 heteroatoms. The number of fused-ring (bicyclic) bond motifs is 3. The third-order valence-corrected chi connectivity index (χ3v) is 7.48. The zero-order chi connectivity index (χ0) is 31.5. The van der Waals surface area contributed by atoms with Gasteiger partial charge in [-0.1, -0.05) is 0 Å². The van der Waals surface area contributed by atoms with Crippen LogP contribution in [-0.2, 0) is 28.7 Å². The SMILES string of the molecule is CC(C)(C)OC(=O)[C@H](CCC(=O)O)N1CCCN2CCN(CCCN([C@@H](CCC(=O)O)C(=O)OC(C)(C)C)CC2)CC1. The van der Waals surface area contributed by atoms with Gasteiger partial charge in [-0.25, -0.2) is 0 Å². The van der Waals surface area contributed by atoms with Gasteiger partial charge in [0.25, 0.3) is 0 Å². The summed E-state index contributed by atoms with van der Waals surface area (Å²) in [6, 6.07) is -1.25. The second kappa shape index (κ2) is 16.5. The van der Waals surface area contributed by atoms with E-state index in [1.54, 1.807) is 0 Å². The van der Waals surface area contributed by atoms with Gasteiger partial charge in [0, 0.05) is 65.2 Å². The first-order valence-electron chi connectivity index (χ1n) is 15.4. The quantitative estimate of drug-likeness (QED) is 0.356. The molecule has 0 aliphatic carbocycles. The van der Waals surface area contributed by atoms with Crippen LogP contribution in [0.1, 0.15) is 80.1 Å². The smallest absolute Gasteiger partial charge is 0.323 e. The molecule has 4 atom stereocenters. The molecule has 2 N–H and O–H groups in total. The molecule has 2 rings (SSSR count). The normalized spacial score (nSPS) is 23.4. The summed E-state index contributed by atoms with van der Waals surface area (Å²) in [5.74, 6) is -2.62. The van der Waals surface area contributed by atoms with Gasteiger partial charge in [-0.05, 0) is 80.3 Å². The second-order valence-electron chi connectivity index (χ2n) is 13.4. The highest BCUT2D eigenvalue weighted by Crippen LogP contribution is 2.19. The van der Waals surface area contributed by atoms with Gasteiger partial charge in [0.05, 0.1) is 0 Å². The summed E-state index contributed by atoms with van der Waals surface area (Å²) in [6.07, 6.45) is 1.78. The number of aliphatic carboxylic acids is 2. The summed E-state index contributed by atoms with van der Waals surface area (Å²) in [7, 11) is 0. The van der Waals surface area contributed by atoms with Gasteiger partial charge in [0.15, 0.2) is 0 Å². The largest absolute Gasteiger partial charge is 0.481 e. The first kappa shape index (κ1) is 35.9. The highest BCUT2D eigenvalue weighted by molar-refractivity contribution is 5.78. The molecule has 0 aromatic carbocycles. The molecule has 2 heterocycles. The maximum atomic E-state index is 13.2. The molecule has 42 heavy (non-hydrogen) atoms. The standard InChI is InChI=1S/C30H54N4O8/c1-29(2,3)41-27(39)23(9-11-25(35)36)33-15-7-13-32-18-17-31(19-21-33)14-8-16-34(22-20-32)24(10-12-26(37)38)28(40)42-30(4,5)6/h23-24H,7-22H2,1-6H3,(H,35,36)(H,37,38)/t23-,24-/m0/s1. The van der Waals surface area contributed by atoms with E-state index in [0.29, 0.717) is 39.3 Å². The Kier molecular flexibility index (Phi) is 14.1. The number of hydrogen-bond acceptors (Lipinski definition) is 10. The van der Waals surface area contributed by atoms with E-state index in [1.807, 2.05) is 41.5 Å². The van der Waals surface area contributed by atoms with Gasteiger partial charge in [0.1, 0.15) is 23.3 Å². The van der Waals surface area contributed by atoms with Gasteiger partial charge in [-0.15, -0.1) is 0 Å². The predicted molar refractivity (Wildman–Crippen MR) is 158 cm³/mol. The summed E-state index contributed by atoms with van der Waals surface area (Å²) < 4.78 is 11.4. The van der Waals surface area contributed by atoms with Gasteiger partial charge in [-0.3, -0.25) is 29.0 Å². The van der Waals surface area contributed by atoms with Crippen LogP contribution < -0.4 is 0 Å². The lowest BCUT2D eigenvalue weighted by molar-refractivity contribution is -0.163. The zero-order valence-electron chi connectivity index (χ0n) is 26.6. The number of nitrogens with zero attached hydrogens (tertiary/aromatic N) is 4. The summed E-state index contributed by atoms with van der Waals surface area (Å²) in [5, 5.41) is 18.7. The lowest BCUT2D eigenvalue weighted by atomic mass is 10.1. The fraction of sp³-hybridized carbons (Fsp3) is 0.867. The van der Waals surface area contributed by atoms with Crippen LogP contribution in [0.2, 0.25) is 0 Å². The van der Waals surface area contributed by atoms with Crippen molar-refractivity contribution in [2.45, 2.75) is 103 Å². The first-order chi connectivity index (χ1) is 19.5. The zero-order valence-corrected chi connectivity index (χ0v) is 26.6. The highest BCUT2D eigenvalue weighted by Gasteiger charge is 2.33. The molecule has 242 valence electrons. The van der Waals surface area contributed by atoms with E-state index in [0.717, 1.165) is 39.0 Å². The average Bonchev–Trinajstić information content (AvgIpc) is 2.84. The van der Waals surface area contributed by atoms with Gasteiger partial charge >= 0.3 is 23.9 Å². The van der Waals surface area contributed by atoms with Crippen LogP contribution in [0.5, 0.6) is 0 Å². The van der Waals surface area contributed by atoms with Crippen LogP contribution in [0.3, 0.4) is 0 Å². The van der Waals surface area contributed by atoms with Crippen molar-refractivity contribution in [1.82, 2.24) is 19.6 Å². The third kappa shape index (κ3) is 13.8. The van der Waals surface area contributed by atoms with Gasteiger partial charge < -0.3 is 29.5 Å². The Morgan fingerprint density at radius 1 is 0.571 bits per heavy atom. The van der Waals surface area contributed by atoms with E-state index in [-0.39, 0.29) is 37.6 Å². The molecule has 2 aliphatic rings. The van der Waals surface area contributed by atoms with E-state index in [2.05, 4.69) is 19.6 Å². The average molecular weight is 599 g/mol. The number of carboxylic acid groups (broad SMARTS) is 2. The van der Waals surface area contributed by atoms with Crippen molar-refractivity contribution in [3.8, 4) is 0 Å². The summed E-state index contributed by atoms with van der Waals surface area (Å²) in [5.41, 5.74) is -1.33. The molecule has 2 unspecified atom stereocenters. The number of hydrogen-bond donors (Lipinski definition) is 2. The van der Waals surface area contributed by atoms with Crippen molar-refractivity contribution in [1.29, 1.82) is 0 Å². The molecular formula is C30H54N4O8. The van der Waals surface area contributed by atoms with Crippen LogP contribution in [0, 0.1) is 0 Å². The Morgan fingerprint density at radius 3 is 1.21 bits per heavy atom. The number of carboxylic acids is 2. The number of carbonyl (C=O) groups excluding carboxylic acids is 2. The Balaban J connectivity index is 2.19. The molecule has 2 aliphatic heterocycles. The monoisotopic (exact) mass is 598 g/mol. The minimum atomic E-state index is -0.933. The maximum Gasteiger partial charge on any atom is 0.323 e. The van der Waals surface area contributed by atoms with Crippen LogP contribution in [0.25, 0.3) is 0 Å². The van der Waals surface area contributed by atoms with Crippen LogP contribution in [0.4, 0.5) is 0 Å². The number of rotatable bonds is 10. The Hall–Kier alpha value is -2.28. The van der Waals surface area contributed by atoms with Gasteiger partial charge in [-0.2, -0.15) is 0 Å². The van der Waals surface area contributed by atoms with Crippen molar-refractivity contribution in [2.24, 2.45) is 0 Å². The molecule has 2 bridgehead atoms. The molecule has 0 saturated carbocycles. The van der Waals surface area contributed by atoms with Crippen molar-refractivity contribution in [2.75, 3.05) is 65.4 Å². The molecule has 0 spiro atoms. The van der Waals surface area contributed by atoms with E-state index >= 15 is 0 Å². The second-order valence-corrected chi connectivity index (χ2v) is 13.4. The molecule has 2 fully saturated rings. The van der Waals surface area contributed by atoms with Crippen molar-refractivity contribution < 1.29 is 38.9 Å². The molecule has 0 amide bonds. The van der Waals surface area contributed by atoms with Crippen LogP contribution in [0.15, 0.2) is 0 Å². The Labute approximate surface area is 251 Å².